The molecule has 0 aliphatic carbocycles. The standard InChI is InChI=1S/C17H36N4/c1-14(2)17-7-4-8-19-15(3)12-18-9-10-20-16-6-5-11-21(17)13-16/h14-20H,4-13H2,1-3H3. The van der Waals surface area contributed by atoms with Gasteiger partial charge >= 0.3 is 0 Å². The van der Waals surface area contributed by atoms with E-state index in [9.17, 15) is 0 Å². The lowest BCUT2D eigenvalue weighted by Crippen LogP contribution is -2.52. The van der Waals surface area contributed by atoms with Crippen LogP contribution < -0.4 is 16.0 Å². The fraction of sp³-hybridized carbons (Fsp3) is 1.00. The Morgan fingerprint density at radius 2 is 1.86 bits per heavy atom. The van der Waals surface area contributed by atoms with Crippen LogP contribution in [-0.2, 0) is 0 Å². The fourth-order valence-corrected chi connectivity index (χ4v) is 3.83. The van der Waals surface area contributed by atoms with Crippen LogP contribution in [0.4, 0.5) is 0 Å². The Hall–Kier alpha value is -0.160. The van der Waals surface area contributed by atoms with Crippen LogP contribution >= 0.6 is 0 Å². The first kappa shape index (κ1) is 17.2. The van der Waals surface area contributed by atoms with Gasteiger partial charge in [-0.25, -0.2) is 0 Å². The van der Waals surface area contributed by atoms with Gasteiger partial charge in [-0.2, -0.15) is 0 Å². The molecule has 2 saturated heterocycles. The quantitative estimate of drug-likeness (QED) is 0.684. The third kappa shape index (κ3) is 5.85. The second-order valence-electron chi connectivity index (χ2n) is 7.30. The molecule has 4 nitrogen and oxygen atoms in total. The molecule has 4 unspecified atom stereocenters. The smallest absolute Gasteiger partial charge is 0.0196 e. The molecule has 21 heavy (non-hydrogen) atoms. The van der Waals surface area contributed by atoms with E-state index in [1.807, 2.05) is 0 Å². The Labute approximate surface area is 131 Å². The van der Waals surface area contributed by atoms with Crippen molar-refractivity contribution in [2.75, 3.05) is 39.3 Å². The number of piperidine rings is 1. The summed E-state index contributed by atoms with van der Waals surface area (Å²) in [6.07, 6.45) is 5.32. The van der Waals surface area contributed by atoms with Crippen molar-refractivity contribution in [3.63, 3.8) is 0 Å². The van der Waals surface area contributed by atoms with Crippen molar-refractivity contribution in [3.05, 3.63) is 0 Å². The van der Waals surface area contributed by atoms with Crippen LogP contribution in [0.15, 0.2) is 0 Å². The normalized spacial score (nSPS) is 37.1. The van der Waals surface area contributed by atoms with Crippen LogP contribution in [0.3, 0.4) is 0 Å². The molecule has 0 aromatic rings. The van der Waals surface area contributed by atoms with Crippen molar-refractivity contribution < 1.29 is 0 Å². The van der Waals surface area contributed by atoms with Crippen molar-refractivity contribution >= 4 is 0 Å². The van der Waals surface area contributed by atoms with E-state index in [1.54, 1.807) is 0 Å². The monoisotopic (exact) mass is 296 g/mol. The maximum atomic E-state index is 3.75. The molecule has 2 rings (SSSR count). The summed E-state index contributed by atoms with van der Waals surface area (Å²) < 4.78 is 0. The van der Waals surface area contributed by atoms with Crippen molar-refractivity contribution in [2.24, 2.45) is 5.92 Å². The summed E-state index contributed by atoms with van der Waals surface area (Å²) in [5.41, 5.74) is 0. The molecule has 2 aliphatic heterocycles. The Morgan fingerprint density at radius 3 is 2.67 bits per heavy atom. The number of nitrogens with zero attached hydrogens (tertiary/aromatic N) is 1. The minimum absolute atomic E-state index is 0.574. The largest absolute Gasteiger partial charge is 0.314 e. The zero-order valence-corrected chi connectivity index (χ0v) is 14.3. The van der Waals surface area contributed by atoms with Gasteiger partial charge in [0.1, 0.15) is 0 Å². The van der Waals surface area contributed by atoms with Gasteiger partial charge in [-0.3, -0.25) is 4.90 Å². The van der Waals surface area contributed by atoms with E-state index < -0.39 is 0 Å². The molecule has 3 N–H and O–H groups in total. The van der Waals surface area contributed by atoms with Crippen molar-refractivity contribution in [1.29, 1.82) is 0 Å². The molecule has 0 spiro atoms. The highest BCUT2D eigenvalue weighted by Gasteiger charge is 2.27. The van der Waals surface area contributed by atoms with Gasteiger partial charge in [-0.05, 0) is 51.6 Å². The van der Waals surface area contributed by atoms with Crippen LogP contribution in [0.25, 0.3) is 0 Å². The minimum atomic E-state index is 0.574. The van der Waals surface area contributed by atoms with E-state index in [2.05, 4.69) is 41.6 Å². The maximum Gasteiger partial charge on any atom is 0.0196 e. The molecule has 124 valence electrons. The third-order valence-corrected chi connectivity index (χ3v) is 5.05. The van der Waals surface area contributed by atoms with E-state index in [1.165, 1.54) is 38.8 Å². The molecule has 0 saturated carbocycles. The molecular weight excluding hydrogens is 260 g/mol. The molecule has 2 heterocycles. The molecule has 0 radical (unpaired) electrons. The summed E-state index contributed by atoms with van der Waals surface area (Å²) in [6, 6.07) is 2.03. The van der Waals surface area contributed by atoms with Gasteiger partial charge in [0.25, 0.3) is 0 Å². The van der Waals surface area contributed by atoms with E-state index in [-0.39, 0.29) is 0 Å². The van der Waals surface area contributed by atoms with E-state index >= 15 is 0 Å². The number of hydrogen-bond acceptors (Lipinski definition) is 4. The number of rotatable bonds is 1. The van der Waals surface area contributed by atoms with Crippen LogP contribution in [0.2, 0.25) is 0 Å². The second-order valence-corrected chi connectivity index (χ2v) is 7.30. The molecule has 0 amide bonds. The number of nitrogens with one attached hydrogen (secondary N) is 3. The van der Waals surface area contributed by atoms with E-state index in [4.69, 9.17) is 0 Å². The fourth-order valence-electron chi connectivity index (χ4n) is 3.83. The van der Waals surface area contributed by atoms with Gasteiger partial charge in [0.2, 0.25) is 0 Å². The summed E-state index contributed by atoms with van der Waals surface area (Å²) >= 11 is 0. The highest BCUT2D eigenvalue weighted by molar-refractivity contribution is 4.85. The summed E-state index contributed by atoms with van der Waals surface area (Å²) in [7, 11) is 0. The van der Waals surface area contributed by atoms with Crippen molar-refractivity contribution in [1.82, 2.24) is 20.9 Å². The molecule has 2 bridgehead atoms. The minimum Gasteiger partial charge on any atom is -0.314 e. The Morgan fingerprint density at radius 1 is 1.00 bits per heavy atom. The zero-order valence-electron chi connectivity index (χ0n) is 14.3. The van der Waals surface area contributed by atoms with E-state index in [0.717, 1.165) is 38.1 Å². The second kappa shape index (κ2) is 9.09. The van der Waals surface area contributed by atoms with Gasteiger partial charge in [-0.15, -0.1) is 0 Å². The molecule has 4 atom stereocenters. The van der Waals surface area contributed by atoms with Crippen LogP contribution in [0, 0.1) is 5.92 Å². The first-order valence-electron chi connectivity index (χ1n) is 9.08. The lowest BCUT2D eigenvalue weighted by molar-refractivity contribution is 0.0995. The Bertz CT molecular complexity index is 282. The van der Waals surface area contributed by atoms with Crippen LogP contribution in [0.5, 0.6) is 0 Å². The summed E-state index contributed by atoms with van der Waals surface area (Å²) in [5.74, 6) is 0.760. The summed E-state index contributed by atoms with van der Waals surface area (Å²) in [6.45, 7) is 14.0. The third-order valence-electron chi connectivity index (χ3n) is 5.05. The topological polar surface area (TPSA) is 39.3 Å². The van der Waals surface area contributed by atoms with Gasteiger partial charge in [-0.1, -0.05) is 13.8 Å². The molecule has 4 heteroatoms. The van der Waals surface area contributed by atoms with Gasteiger partial charge in [0, 0.05) is 44.3 Å². The molecule has 0 aromatic heterocycles. The molecule has 0 aromatic carbocycles. The Balaban J connectivity index is 1.93. The average molecular weight is 297 g/mol. The maximum absolute atomic E-state index is 3.75. The van der Waals surface area contributed by atoms with E-state index in [0.29, 0.717) is 12.1 Å². The number of fused-ring (bicyclic) bond motifs is 2. The summed E-state index contributed by atoms with van der Waals surface area (Å²) in [4.78, 5) is 2.76. The molecular formula is C17H36N4. The predicted molar refractivity (Wildman–Crippen MR) is 90.8 cm³/mol. The van der Waals surface area contributed by atoms with Gasteiger partial charge in [0.05, 0.1) is 0 Å². The van der Waals surface area contributed by atoms with Crippen LogP contribution in [0.1, 0.15) is 46.5 Å². The highest BCUT2D eigenvalue weighted by Crippen LogP contribution is 2.21. The van der Waals surface area contributed by atoms with Crippen molar-refractivity contribution in [3.8, 4) is 0 Å². The van der Waals surface area contributed by atoms with Crippen molar-refractivity contribution in [2.45, 2.75) is 64.6 Å². The van der Waals surface area contributed by atoms with Gasteiger partial charge < -0.3 is 16.0 Å². The average Bonchev–Trinajstić information content (AvgIpc) is 2.46. The van der Waals surface area contributed by atoms with Gasteiger partial charge in [0.15, 0.2) is 0 Å². The lowest BCUT2D eigenvalue weighted by atomic mass is 9.94. The molecule has 2 aliphatic rings. The first-order chi connectivity index (χ1) is 10.2. The SMILES string of the molecule is CC1CNCCNC2CCCN(C2)C(C(C)C)CCCN1. The predicted octanol–water partition coefficient (Wildman–Crippen LogP) is 1.43. The Kier molecular flexibility index (Phi) is 7.44. The summed E-state index contributed by atoms with van der Waals surface area (Å²) in [5, 5.41) is 11.0. The number of hydrogen-bond donors (Lipinski definition) is 3. The zero-order chi connectivity index (χ0) is 15.1. The lowest BCUT2D eigenvalue weighted by Gasteiger charge is -2.41. The highest BCUT2D eigenvalue weighted by atomic mass is 15.2. The molecule has 2 fully saturated rings. The van der Waals surface area contributed by atoms with Crippen LogP contribution in [-0.4, -0.2) is 62.3 Å². The first-order valence-corrected chi connectivity index (χ1v) is 9.08.